The van der Waals surface area contributed by atoms with Crippen LogP contribution in [-0.4, -0.2) is 19.1 Å². The van der Waals surface area contributed by atoms with Gasteiger partial charge in [-0.2, -0.15) is 0 Å². The zero-order valence-corrected chi connectivity index (χ0v) is 27.3. The average molecular weight is 629 g/mol. The number of hydrogen-bond donors (Lipinski definition) is 0. The highest BCUT2D eigenvalue weighted by atomic mass is 15.1. The summed E-state index contributed by atoms with van der Waals surface area (Å²) in [6.45, 7) is 4.69. The Bertz CT molecular complexity index is 2720. The standard InChI is InChI=1S/C45H32N4/c1-45(2)37-26-32(30-16-8-4-9-17-30)25-36-35-24-31(29-14-6-3-7-15-29)22-23-40(35)49(42(36)37)44-38(45)27-33(28-46-44)43-47-39-20-12-13-21-41(39)48(43)34-18-10-5-11-19-34/h3-28H,1-2H3. The van der Waals surface area contributed by atoms with E-state index in [0.29, 0.717) is 0 Å². The van der Waals surface area contributed by atoms with Gasteiger partial charge in [0.05, 0.1) is 22.1 Å². The summed E-state index contributed by atoms with van der Waals surface area (Å²) in [6, 6.07) is 54.2. The van der Waals surface area contributed by atoms with Crippen LogP contribution in [0.1, 0.15) is 25.0 Å². The fourth-order valence-corrected chi connectivity index (χ4v) is 7.87. The Labute approximate surface area is 284 Å². The van der Waals surface area contributed by atoms with Crippen LogP contribution in [0.3, 0.4) is 0 Å². The molecule has 0 N–H and O–H groups in total. The van der Waals surface area contributed by atoms with Crippen molar-refractivity contribution < 1.29 is 0 Å². The van der Waals surface area contributed by atoms with E-state index in [1.807, 2.05) is 6.20 Å². The van der Waals surface area contributed by atoms with Crippen molar-refractivity contribution in [2.24, 2.45) is 0 Å². The first-order valence-corrected chi connectivity index (χ1v) is 16.8. The number of imidazole rings is 1. The molecule has 9 aromatic rings. The Balaban J connectivity index is 1.26. The molecule has 4 heteroatoms. The molecule has 232 valence electrons. The van der Waals surface area contributed by atoms with Crippen molar-refractivity contribution in [2.75, 3.05) is 0 Å². The van der Waals surface area contributed by atoms with Crippen LogP contribution in [0.25, 0.3) is 78.0 Å². The van der Waals surface area contributed by atoms with Crippen LogP contribution in [0.5, 0.6) is 0 Å². The van der Waals surface area contributed by atoms with Crippen molar-refractivity contribution in [3.63, 3.8) is 0 Å². The van der Waals surface area contributed by atoms with Gasteiger partial charge in [0.25, 0.3) is 0 Å². The molecule has 0 radical (unpaired) electrons. The Kier molecular flexibility index (Phi) is 5.89. The van der Waals surface area contributed by atoms with E-state index >= 15 is 0 Å². The molecule has 4 nitrogen and oxygen atoms in total. The van der Waals surface area contributed by atoms with E-state index in [1.165, 1.54) is 49.7 Å². The summed E-state index contributed by atoms with van der Waals surface area (Å²) < 4.78 is 4.65. The number of nitrogens with zero attached hydrogens (tertiary/aromatic N) is 4. The van der Waals surface area contributed by atoms with E-state index < -0.39 is 0 Å². The minimum absolute atomic E-state index is 0.336. The molecule has 0 fully saturated rings. The van der Waals surface area contributed by atoms with Gasteiger partial charge in [0.15, 0.2) is 0 Å². The number of pyridine rings is 1. The number of para-hydroxylation sites is 3. The maximum atomic E-state index is 5.31. The van der Waals surface area contributed by atoms with E-state index in [-0.39, 0.29) is 5.41 Å². The highest BCUT2D eigenvalue weighted by molar-refractivity contribution is 6.13. The maximum Gasteiger partial charge on any atom is 0.147 e. The normalized spacial score (nSPS) is 13.3. The van der Waals surface area contributed by atoms with Gasteiger partial charge < -0.3 is 0 Å². The lowest BCUT2D eigenvalue weighted by Crippen LogP contribution is -2.27. The molecule has 0 saturated carbocycles. The van der Waals surface area contributed by atoms with Crippen molar-refractivity contribution >= 4 is 32.8 Å². The van der Waals surface area contributed by atoms with Crippen LogP contribution in [0.4, 0.5) is 0 Å². The summed E-state index contributed by atoms with van der Waals surface area (Å²) in [4.78, 5) is 10.5. The highest BCUT2D eigenvalue weighted by Gasteiger charge is 2.37. The van der Waals surface area contributed by atoms with Crippen molar-refractivity contribution in [1.29, 1.82) is 0 Å². The van der Waals surface area contributed by atoms with E-state index in [9.17, 15) is 0 Å². The third-order valence-electron chi connectivity index (χ3n) is 10.3. The number of rotatable bonds is 4. The summed E-state index contributed by atoms with van der Waals surface area (Å²) >= 11 is 0. The zero-order chi connectivity index (χ0) is 32.7. The SMILES string of the molecule is CC1(C)c2cc(-c3nc4ccccc4n3-c3ccccc3)cnc2-n2c3ccc(-c4ccccc4)cc3c3cc(-c4ccccc4)cc1c32. The van der Waals surface area contributed by atoms with Gasteiger partial charge in [-0.15, -0.1) is 0 Å². The quantitative estimate of drug-likeness (QED) is 0.194. The van der Waals surface area contributed by atoms with Gasteiger partial charge in [0, 0.05) is 39.2 Å². The third kappa shape index (κ3) is 4.10. The number of aromatic nitrogens is 4. The molecule has 0 unspecified atom stereocenters. The van der Waals surface area contributed by atoms with Gasteiger partial charge >= 0.3 is 0 Å². The molecular weight excluding hydrogens is 597 g/mol. The summed E-state index contributed by atoms with van der Waals surface area (Å²) in [5.41, 5.74) is 13.5. The Morgan fingerprint density at radius 3 is 1.88 bits per heavy atom. The topological polar surface area (TPSA) is 35.6 Å². The number of benzene rings is 6. The zero-order valence-electron chi connectivity index (χ0n) is 27.3. The van der Waals surface area contributed by atoms with Gasteiger partial charge in [-0.3, -0.25) is 9.13 Å². The number of fused-ring (bicyclic) bond motifs is 6. The average Bonchev–Trinajstić information content (AvgIpc) is 3.71. The molecule has 4 heterocycles. The molecule has 0 saturated heterocycles. The second-order valence-electron chi connectivity index (χ2n) is 13.5. The van der Waals surface area contributed by atoms with Gasteiger partial charge in [-0.1, -0.05) is 111 Å². The molecule has 49 heavy (non-hydrogen) atoms. The van der Waals surface area contributed by atoms with Crippen LogP contribution in [-0.2, 0) is 5.41 Å². The van der Waals surface area contributed by atoms with Crippen LogP contribution in [0.2, 0.25) is 0 Å². The molecule has 0 amide bonds. The van der Waals surface area contributed by atoms with Crippen molar-refractivity contribution in [1.82, 2.24) is 19.1 Å². The fraction of sp³-hybridized carbons (Fsp3) is 0.0667. The smallest absolute Gasteiger partial charge is 0.147 e. The van der Waals surface area contributed by atoms with E-state index in [2.05, 4.69) is 175 Å². The molecular formula is C45H32N4. The predicted molar refractivity (Wildman–Crippen MR) is 202 cm³/mol. The molecule has 0 atom stereocenters. The fourth-order valence-electron chi connectivity index (χ4n) is 7.87. The van der Waals surface area contributed by atoms with E-state index in [4.69, 9.17) is 9.97 Å². The summed E-state index contributed by atoms with van der Waals surface area (Å²) in [7, 11) is 0. The van der Waals surface area contributed by atoms with Crippen molar-refractivity contribution in [2.45, 2.75) is 19.3 Å². The van der Waals surface area contributed by atoms with Gasteiger partial charge in [-0.05, 0) is 82.4 Å². The van der Waals surface area contributed by atoms with Crippen LogP contribution < -0.4 is 0 Å². The van der Waals surface area contributed by atoms with Crippen LogP contribution >= 0.6 is 0 Å². The summed E-state index contributed by atoms with van der Waals surface area (Å²) in [6.07, 6.45) is 2.01. The lowest BCUT2D eigenvalue weighted by Gasteiger charge is -2.34. The summed E-state index contributed by atoms with van der Waals surface area (Å²) in [5, 5.41) is 2.48. The van der Waals surface area contributed by atoms with E-state index in [0.717, 1.165) is 39.4 Å². The molecule has 1 aliphatic heterocycles. The molecule has 6 aromatic carbocycles. The monoisotopic (exact) mass is 628 g/mol. The number of hydrogen-bond acceptors (Lipinski definition) is 2. The van der Waals surface area contributed by atoms with Gasteiger partial charge in [0.1, 0.15) is 11.6 Å². The third-order valence-corrected chi connectivity index (χ3v) is 10.3. The van der Waals surface area contributed by atoms with Crippen LogP contribution in [0.15, 0.2) is 158 Å². The lowest BCUT2D eigenvalue weighted by molar-refractivity contribution is 0.624. The lowest BCUT2D eigenvalue weighted by atomic mass is 9.74. The maximum absolute atomic E-state index is 5.31. The second kappa shape index (κ2) is 10.4. The van der Waals surface area contributed by atoms with E-state index in [1.54, 1.807) is 0 Å². The Hall–Kier alpha value is -6.26. The first kappa shape index (κ1) is 27.8. The van der Waals surface area contributed by atoms with Crippen molar-refractivity contribution in [3.05, 3.63) is 169 Å². The molecule has 3 aromatic heterocycles. The molecule has 0 spiro atoms. The van der Waals surface area contributed by atoms with Crippen molar-refractivity contribution in [3.8, 4) is 45.1 Å². The van der Waals surface area contributed by atoms with Gasteiger partial charge in [-0.25, -0.2) is 9.97 Å². The molecule has 1 aliphatic rings. The molecule has 0 bridgehead atoms. The van der Waals surface area contributed by atoms with Crippen LogP contribution in [0, 0.1) is 0 Å². The Morgan fingerprint density at radius 2 is 1.12 bits per heavy atom. The highest BCUT2D eigenvalue weighted by Crippen LogP contribution is 2.49. The Morgan fingerprint density at radius 1 is 0.490 bits per heavy atom. The largest absolute Gasteiger partial charge is 0.293 e. The van der Waals surface area contributed by atoms with Gasteiger partial charge in [0.2, 0.25) is 0 Å². The minimum Gasteiger partial charge on any atom is -0.293 e. The summed E-state index contributed by atoms with van der Waals surface area (Å²) in [5.74, 6) is 1.86. The predicted octanol–water partition coefficient (Wildman–Crippen LogP) is 11.2. The second-order valence-corrected chi connectivity index (χ2v) is 13.5. The first-order chi connectivity index (χ1) is 24.1. The minimum atomic E-state index is -0.336. The first-order valence-electron chi connectivity index (χ1n) is 16.8. The molecule has 0 aliphatic carbocycles. The molecule has 10 rings (SSSR count).